The van der Waals surface area contributed by atoms with Gasteiger partial charge in [0.15, 0.2) is 11.5 Å². The molecule has 0 aliphatic heterocycles. The average molecular weight is 499 g/mol. The van der Waals surface area contributed by atoms with Gasteiger partial charge in [-0.25, -0.2) is 4.79 Å². The van der Waals surface area contributed by atoms with E-state index in [2.05, 4.69) is 15.5 Å². The lowest BCUT2D eigenvalue weighted by atomic mass is 10.1. The number of aromatic nitrogens is 3. The zero-order valence-electron chi connectivity index (χ0n) is 20.9. The van der Waals surface area contributed by atoms with Crippen LogP contribution in [0.2, 0.25) is 0 Å². The Balaban J connectivity index is 0.00000456. The number of nitrogens with zero attached hydrogens (tertiary/aromatic N) is 4. The van der Waals surface area contributed by atoms with Gasteiger partial charge in [-0.15, -0.1) is 10.2 Å². The predicted octanol–water partition coefficient (Wildman–Crippen LogP) is 3.45. The molecular weight excluding hydrogens is 460 g/mol. The standard InChI is InChI=1S/C25H34N6O4.CH4/c1-17(2)30(5)24(33)35-15-19-12-9-13-21-28-29-22(31(19)21)20(27-23(32)25(3,4)26)16-34-14-18-10-7-6-8-11-18;/h6-13,17,20H,14-16,26H2,1-5H3,(H,27,32);1H4/t20-;/m1./s1. The second kappa shape index (κ2) is 12.5. The van der Waals surface area contributed by atoms with E-state index in [0.717, 1.165) is 5.56 Å². The van der Waals surface area contributed by atoms with Crippen molar-refractivity contribution in [1.82, 2.24) is 24.8 Å². The van der Waals surface area contributed by atoms with E-state index in [0.29, 0.717) is 23.8 Å². The van der Waals surface area contributed by atoms with Crippen LogP contribution in [0.4, 0.5) is 4.79 Å². The number of benzene rings is 1. The number of nitrogens with one attached hydrogen (secondary N) is 1. The number of carbonyl (C=O) groups is 2. The SMILES string of the molecule is C.CC(C)N(C)C(=O)OCc1cccc2nnc([C@@H](COCc3ccccc3)NC(=O)C(C)(C)N)n12. The molecular formula is C26H38N6O4. The third-order valence-corrected chi connectivity index (χ3v) is 5.54. The summed E-state index contributed by atoms with van der Waals surface area (Å²) < 4.78 is 13.2. The average Bonchev–Trinajstić information content (AvgIpc) is 3.26. The molecule has 0 radical (unpaired) electrons. The summed E-state index contributed by atoms with van der Waals surface area (Å²) in [5.74, 6) is 0.0968. The molecule has 2 aromatic heterocycles. The molecule has 2 amide bonds. The fraction of sp³-hybridized carbons (Fsp3) is 0.462. The van der Waals surface area contributed by atoms with E-state index in [1.165, 1.54) is 4.90 Å². The maximum absolute atomic E-state index is 12.8. The number of hydrogen-bond donors (Lipinski definition) is 2. The molecule has 0 aliphatic carbocycles. The van der Waals surface area contributed by atoms with E-state index >= 15 is 0 Å². The Hall–Kier alpha value is -3.50. The largest absolute Gasteiger partial charge is 0.443 e. The topological polar surface area (TPSA) is 124 Å². The van der Waals surface area contributed by atoms with Crippen molar-refractivity contribution in [3.8, 4) is 0 Å². The smallest absolute Gasteiger partial charge is 0.410 e. The molecule has 36 heavy (non-hydrogen) atoms. The number of rotatable bonds is 10. The monoisotopic (exact) mass is 498 g/mol. The molecule has 0 saturated heterocycles. The highest BCUT2D eigenvalue weighted by Crippen LogP contribution is 2.19. The van der Waals surface area contributed by atoms with Gasteiger partial charge in [0.1, 0.15) is 12.6 Å². The maximum Gasteiger partial charge on any atom is 0.410 e. The van der Waals surface area contributed by atoms with Crippen molar-refractivity contribution >= 4 is 17.6 Å². The molecule has 3 N–H and O–H groups in total. The first kappa shape index (κ1) is 28.7. The number of carbonyl (C=O) groups excluding carboxylic acids is 2. The van der Waals surface area contributed by atoms with Gasteiger partial charge in [0.2, 0.25) is 5.91 Å². The number of amides is 2. The van der Waals surface area contributed by atoms with Gasteiger partial charge in [-0.2, -0.15) is 0 Å². The molecule has 10 nitrogen and oxygen atoms in total. The Bertz CT molecular complexity index is 1140. The summed E-state index contributed by atoms with van der Waals surface area (Å²) in [6, 6.07) is 14.5. The molecule has 0 aliphatic rings. The van der Waals surface area contributed by atoms with Gasteiger partial charge >= 0.3 is 6.09 Å². The molecule has 1 aromatic carbocycles. The number of hydrogen-bond acceptors (Lipinski definition) is 7. The summed E-state index contributed by atoms with van der Waals surface area (Å²) in [6.07, 6.45) is -0.437. The molecule has 0 fully saturated rings. The quantitative estimate of drug-likeness (QED) is 0.439. The van der Waals surface area contributed by atoms with Crippen LogP contribution in [0.1, 0.15) is 58.2 Å². The van der Waals surface area contributed by atoms with Crippen molar-refractivity contribution in [2.45, 2.75) is 66.0 Å². The Morgan fingerprint density at radius 2 is 1.78 bits per heavy atom. The van der Waals surface area contributed by atoms with Gasteiger partial charge in [0.25, 0.3) is 0 Å². The second-order valence-electron chi connectivity index (χ2n) is 9.28. The van der Waals surface area contributed by atoms with E-state index in [9.17, 15) is 9.59 Å². The van der Waals surface area contributed by atoms with Crippen molar-refractivity contribution in [1.29, 1.82) is 0 Å². The lowest BCUT2D eigenvalue weighted by Crippen LogP contribution is -2.51. The molecule has 1 atom stereocenters. The summed E-state index contributed by atoms with van der Waals surface area (Å²) in [6.45, 7) is 7.57. The van der Waals surface area contributed by atoms with Crippen LogP contribution in [0.3, 0.4) is 0 Å². The molecule has 3 rings (SSSR count). The minimum absolute atomic E-state index is 0. The van der Waals surface area contributed by atoms with Gasteiger partial charge in [0, 0.05) is 13.1 Å². The first-order chi connectivity index (χ1) is 16.6. The Labute approximate surface area is 212 Å². The Morgan fingerprint density at radius 1 is 1.08 bits per heavy atom. The summed E-state index contributed by atoms with van der Waals surface area (Å²) in [4.78, 5) is 26.6. The number of ether oxygens (including phenoxy) is 2. The van der Waals surface area contributed by atoms with E-state index in [-0.39, 0.29) is 32.6 Å². The van der Waals surface area contributed by atoms with Crippen molar-refractivity contribution in [2.75, 3.05) is 13.7 Å². The number of fused-ring (bicyclic) bond motifs is 1. The van der Waals surface area contributed by atoms with Crippen LogP contribution in [0, 0.1) is 0 Å². The fourth-order valence-electron chi connectivity index (χ4n) is 3.21. The molecule has 3 aromatic rings. The zero-order chi connectivity index (χ0) is 25.6. The van der Waals surface area contributed by atoms with Gasteiger partial charge < -0.3 is 25.4 Å². The second-order valence-corrected chi connectivity index (χ2v) is 9.28. The highest BCUT2D eigenvalue weighted by molar-refractivity contribution is 5.85. The van der Waals surface area contributed by atoms with E-state index < -0.39 is 17.7 Å². The maximum atomic E-state index is 12.8. The third-order valence-electron chi connectivity index (χ3n) is 5.54. The summed E-state index contributed by atoms with van der Waals surface area (Å²) >= 11 is 0. The van der Waals surface area contributed by atoms with Crippen molar-refractivity contribution in [3.63, 3.8) is 0 Å². The minimum Gasteiger partial charge on any atom is -0.443 e. The van der Waals surface area contributed by atoms with Crippen molar-refractivity contribution < 1.29 is 19.1 Å². The number of pyridine rings is 1. The lowest BCUT2D eigenvalue weighted by molar-refractivity contribution is -0.126. The minimum atomic E-state index is -1.10. The summed E-state index contributed by atoms with van der Waals surface area (Å²) in [5, 5.41) is 11.5. The van der Waals surface area contributed by atoms with Crippen LogP contribution in [-0.2, 0) is 27.5 Å². The van der Waals surface area contributed by atoms with Crippen LogP contribution in [0.5, 0.6) is 0 Å². The molecule has 0 saturated carbocycles. The van der Waals surface area contributed by atoms with Crippen molar-refractivity contribution in [2.24, 2.45) is 5.73 Å². The van der Waals surface area contributed by atoms with E-state index in [4.69, 9.17) is 15.2 Å². The van der Waals surface area contributed by atoms with Crippen LogP contribution < -0.4 is 11.1 Å². The predicted molar refractivity (Wildman–Crippen MR) is 138 cm³/mol. The normalized spacial score (nSPS) is 12.2. The third kappa shape index (κ3) is 7.25. The molecule has 0 unspecified atom stereocenters. The molecule has 0 bridgehead atoms. The lowest BCUT2D eigenvalue weighted by Gasteiger charge is -2.24. The molecule has 10 heteroatoms. The molecule has 196 valence electrons. The van der Waals surface area contributed by atoms with E-state index in [1.54, 1.807) is 31.4 Å². The first-order valence-electron chi connectivity index (χ1n) is 11.5. The van der Waals surface area contributed by atoms with Crippen LogP contribution in [0.15, 0.2) is 48.5 Å². The van der Waals surface area contributed by atoms with Gasteiger partial charge in [-0.3, -0.25) is 9.20 Å². The number of nitrogens with two attached hydrogens (primary N) is 1. The van der Waals surface area contributed by atoms with E-state index in [1.807, 2.05) is 56.3 Å². The highest BCUT2D eigenvalue weighted by Gasteiger charge is 2.28. The van der Waals surface area contributed by atoms with Crippen LogP contribution in [0.25, 0.3) is 5.65 Å². The van der Waals surface area contributed by atoms with Gasteiger partial charge in [0.05, 0.1) is 24.4 Å². The Kier molecular flexibility index (Phi) is 9.94. The van der Waals surface area contributed by atoms with Crippen molar-refractivity contribution in [3.05, 3.63) is 65.6 Å². The van der Waals surface area contributed by atoms with Gasteiger partial charge in [-0.1, -0.05) is 43.8 Å². The highest BCUT2D eigenvalue weighted by atomic mass is 16.6. The fourth-order valence-corrected chi connectivity index (χ4v) is 3.21. The zero-order valence-corrected chi connectivity index (χ0v) is 20.9. The molecule has 2 heterocycles. The molecule has 0 spiro atoms. The van der Waals surface area contributed by atoms with Crippen LogP contribution >= 0.6 is 0 Å². The van der Waals surface area contributed by atoms with Gasteiger partial charge in [-0.05, 0) is 45.4 Å². The summed E-state index contributed by atoms with van der Waals surface area (Å²) in [5.41, 5.74) is 7.13. The Morgan fingerprint density at radius 3 is 2.42 bits per heavy atom. The summed E-state index contributed by atoms with van der Waals surface area (Å²) in [7, 11) is 1.68. The first-order valence-corrected chi connectivity index (χ1v) is 11.5. The van der Waals surface area contributed by atoms with Crippen LogP contribution in [-0.4, -0.2) is 56.7 Å².